The number of aliphatic hydroxyl groups is 1. The lowest BCUT2D eigenvalue weighted by atomic mass is 9.71. The van der Waals surface area contributed by atoms with Crippen molar-refractivity contribution in [1.82, 2.24) is 4.98 Å². The highest BCUT2D eigenvalue weighted by molar-refractivity contribution is 5.82. The van der Waals surface area contributed by atoms with Gasteiger partial charge in [0.25, 0.3) is 0 Å². The molecule has 2 aromatic carbocycles. The average Bonchev–Trinajstić information content (AvgIpc) is 2.83. The molecule has 5 atom stereocenters. The second-order valence-electron chi connectivity index (χ2n) is 9.59. The van der Waals surface area contributed by atoms with Gasteiger partial charge in [0, 0.05) is 35.9 Å². The molecule has 0 spiro atoms. The van der Waals surface area contributed by atoms with Gasteiger partial charge in [-0.3, -0.25) is 4.98 Å². The van der Waals surface area contributed by atoms with Gasteiger partial charge in [0.1, 0.15) is 18.7 Å². The molecule has 3 nitrogen and oxygen atoms in total. The highest BCUT2D eigenvalue weighted by Crippen LogP contribution is 2.48. The first-order valence-corrected chi connectivity index (χ1v) is 11.5. The molecular formula is C27H28BrF3N2O. The molecule has 4 heterocycles. The van der Waals surface area contributed by atoms with Crippen LogP contribution in [0.1, 0.15) is 35.6 Å². The Hall–Kier alpha value is -2.22. The molecule has 3 fully saturated rings. The van der Waals surface area contributed by atoms with Crippen LogP contribution < -0.4 is 17.0 Å². The predicted molar refractivity (Wildman–Crippen MR) is 122 cm³/mol. The van der Waals surface area contributed by atoms with Gasteiger partial charge in [-0.2, -0.15) is 13.2 Å². The Labute approximate surface area is 208 Å². The van der Waals surface area contributed by atoms with E-state index in [2.05, 4.69) is 11.6 Å². The number of quaternary nitrogens is 1. The minimum Gasteiger partial charge on any atom is -1.00 e. The van der Waals surface area contributed by atoms with E-state index in [1.807, 2.05) is 36.4 Å². The Morgan fingerprint density at radius 2 is 1.85 bits per heavy atom. The fraction of sp³-hybridized carbons (Fsp3) is 0.370. The second-order valence-corrected chi connectivity index (χ2v) is 9.59. The fourth-order valence-electron chi connectivity index (χ4n) is 6.13. The summed E-state index contributed by atoms with van der Waals surface area (Å²) in [6.07, 6.45) is 0.648. The first kappa shape index (κ1) is 24.9. The van der Waals surface area contributed by atoms with Gasteiger partial charge in [0.05, 0.1) is 24.2 Å². The quantitative estimate of drug-likeness (QED) is 0.405. The predicted octanol–water partition coefficient (Wildman–Crippen LogP) is 2.90. The number of hydrogen-bond donors (Lipinski definition) is 1. The standard InChI is InChI=1S/C27H28F3N2O.BrH/c1-2-19-17-32(16-18-7-9-21(10-8-18)27(28,29)30)14-12-20(19)15-25(32)26(33)23-11-13-31-24-6-4-3-5-22(23)24;/h2-11,13,19-20,25-26,33H,1,12,14-17H2;1H/q+1;/p-1/t19?,20-,25+,26-,32+;/m0./s1. The van der Waals surface area contributed by atoms with Crippen molar-refractivity contribution >= 4 is 10.9 Å². The minimum absolute atomic E-state index is 0. The van der Waals surface area contributed by atoms with E-state index in [1.165, 1.54) is 0 Å². The summed E-state index contributed by atoms with van der Waals surface area (Å²) < 4.78 is 39.8. The van der Waals surface area contributed by atoms with E-state index >= 15 is 0 Å². The molecule has 3 aromatic rings. The van der Waals surface area contributed by atoms with Crippen LogP contribution in [0.5, 0.6) is 0 Å². The molecule has 0 aliphatic carbocycles. The van der Waals surface area contributed by atoms with Gasteiger partial charge in [0.2, 0.25) is 0 Å². The summed E-state index contributed by atoms with van der Waals surface area (Å²) in [4.78, 5) is 4.43. The molecule has 0 radical (unpaired) electrons. The van der Waals surface area contributed by atoms with Gasteiger partial charge in [-0.15, -0.1) is 6.58 Å². The molecule has 0 amide bonds. The number of hydrogen-bond acceptors (Lipinski definition) is 2. The van der Waals surface area contributed by atoms with Gasteiger partial charge >= 0.3 is 6.18 Å². The van der Waals surface area contributed by atoms with Crippen LogP contribution in [-0.4, -0.2) is 33.7 Å². The number of halogens is 4. The summed E-state index contributed by atoms with van der Waals surface area (Å²) in [6.45, 7) is 6.39. The zero-order valence-electron chi connectivity index (χ0n) is 18.8. The Balaban J connectivity index is 0.00000274. The van der Waals surface area contributed by atoms with E-state index in [0.29, 0.717) is 22.9 Å². The summed E-state index contributed by atoms with van der Waals surface area (Å²) >= 11 is 0. The van der Waals surface area contributed by atoms with Crippen LogP contribution in [0.2, 0.25) is 0 Å². The van der Waals surface area contributed by atoms with E-state index < -0.39 is 17.8 Å². The molecule has 7 heteroatoms. The number of benzene rings is 2. The number of fused-ring (bicyclic) bond motifs is 4. The number of rotatable bonds is 5. The van der Waals surface area contributed by atoms with Crippen LogP contribution >= 0.6 is 0 Å². The van der Waals surface area contributed by atoms with Gasteiger partial charge in [-0.05, 0) is 35.7 Å². The zero-order valence-corrected chi connectivity index (χ0v) is 20.3. The monoisotopic (exact) mass is 532 g/mol. The lowest BCUT2D eigenvalue weighted by Crippen LogP contribution is -3.00. The molecule has 1 unspecified atom stereocenters. The number of aliphatic hydroxyl groups excluding tert-OH is 1. The van der Waals surface area contributed by atoms with Gasteiger partial charge in [-0.1, -0.05) is 36.4 Å². The van der Waals surface area contributed by atoms with Crippen molar-refractivity contribution in [3.63, 3.8) is 0 Å². The van der Waals surface area contributed by atoms with E-state index in [1.54, 1.807) is 18.3 Å². The van der Waals surface area contributed by atoms with Crippen LogP contribution in [0.15, 0.2) is 73.4 Å². The smallest absolute Gasteiger partial charge is 0.416 e. The molecule has 6 rings (SSSR count). The summed E-state index contributed by atoms with van der Waals surface area (Å²) in [5, 5.41) is 12.6. The number of piperidine rings is 3. The second kappa shape index (κ2) is 9.44. The Bertz CT molecular complexity index is 1160. The molecule has 180 valence electrons. The zero-order chi connectivity index (χ0) is 23.2. The molecular weight excluding hydrogens is 505 g/mol. The van der Waals surface area contributed by atoms with E-state index in [4.69, 9.17) is 0 Å². The van der Waals surface area contributed by atoms with Crippen LogP contribution in [0, 0.1) is 11.8 Å². The third-order valence-corrected chi connectivity index (χ3v) is 7.82. The van der Waals surface area contributed by atoms with Crippen molar-refractivity contribution in [3.8, 4) is 0 Å². The van der Waals surface area contributed by atoms with E-state index in [9.17, 15) is 18.3 Å². The van der Waals surface area contributed by atoms with Crippen molar-refractivity contribution < 1.29 is 39.7 Å². The van der Waals surface area contributed by atoms with Crippen LogP contribution in [-0.2, 0) is 12.7 Å². The molecule has 1 aromatic heterocycles. The maximum absolute atomic E-state index is 13.1. The average molecular weight is 533 g/mol. The number of alkyl halides is 3. The summed E-state index contributed by atoms with van der Waals surface area (Å²) in [7, 11) is 0. The minimum atomic E-state index is -4.34. The maximum atomic E-state index is 13.1. The highest BCUT2D eigenvalue weighted by atomic mass is 79.9. The third-order valence-electron chi connectivity index (χ3n) is 7.82. The Kier molecular flexibility index (Phi) is 6.91. The normalized spacial score (nSPS) is 27.2. The third kappa shape index (κ3) is 4.41. The topological polar surface area (TPSA) is 33.1 Å². The summed E-state index contributed by atoms with van der Waals surface area (Å²) in [5.41, 5.74) is 1.96. The lowest BCUT2D eigenvalue weighted by Gasteiger charge is -2.58. The Morgan fingerprint density at radius 3 is 2.56 bits per heavy atom. The molecule has 0 saturated carbocycles. The van der Waals surface area contributed by atoms with Crippen molar-refractivity contribution in [2.75, 3.05) is 13.1 Å². The number of nitrogens with zero attached hydrogens (tertiary/aromatic N) is 2. The first-order valence-electron chi connectivity index (χ1n) is 11.5. The first-order chi connectivity index (χ1) is 15.8. The van der Waals surface area contributed by atoms with Crippen LogP contribution in [0.3, 0.4) is 0 Å². The van der Waals surface area contributed by atoms with Crippen LogP contribution in [0.25, 0.3) is 10.9 Å². The van der Waals surface area contributed by atoms with Gasteiger partial charge in [0.15, 0.2) is 0 Å². The molecule has 3 aliphatic rings. The maximum Gasteiger partial charge on any atom is 0.416 e. The van der Waals surface area contributed by atoms with Crippen molar-refractivity contribution in [2.24, 2.45) is 11.8 Å². The van der Waals surface area contributed by atoms with Crippen molar-refractivity contribution in [1.29, 1.82) is 0 Å². The SMILES string of the molecule is C=CC1C[N@+]2(Cc3ccc(C(F)(F)F)cc3)CC[C@H]1C[C@@H]2[C@@H](O)c1ccnc2ccccc12.[Br-]. The van der Waals surface area contributed by atoms with E-state index in [0.717, 1.165) is 60.1 Å². The molecule has 1 N–H and O–H groups in total. The molecule has 2 bridgehead atoms. The summed E-state index contributed by atoms with van der Waals surface area (Å²) in [6, 6.07) is 15.2. The molecule has 3 saturated heterocycles. The number of aromatic nitrogens is 1. The van der Waals surface area contributed by atoms with Gasteiger partial charge in [-0.25, -0.2) is 0 Å². The van der Waals surface area contributed by atoms with Crippen LogP contribution in [0.4, 0.5) is 13.2 Å². The van der Waals surface area contributed by atoms with Gasteiger partial charge < -0.3 is 26.6 Å². The summed E-state index contributed by atoms with van der Waals surface area (Å²) in [5.74, 6) is 0.827. The number of para-hydroxylation sites is 1. The fourth-order valence-corrected chi connectivity index (χ4v) is 6.13. The lowest BCUT2D eigenvalue weighted by molar-refractivity contribution is -0.984. The molecule has 3 aliphatic heterocycles. The Morgan fingerprint density at radius 1 is 1.12 bits per heavy atom. The van der Waals surface area contributed by atoms with Crippen molar-refractivity contribution in [3.05, 3.63) is 90.1 Å². The molecule has 34 heavy (non-hydrogen) atoms. The largest absolute Gasteiger partial charge is 1.00 e. The highest BCUT2D eigenvalue weighted by Gasteiger charge is 2.54. The van der Waals surface area contributed by atoms with E-state index in [-0.39, 0.29) is 23.0 Å². The van der Waals surface area contributed by atoms with Crippen molar-refractivity contribution in [2.45, 2.75) is 37.7 Å². The number of pyridine rings is 1.